The average molecular weight is 536 g/mol. The van der Waals surface area contributed by atoms with Crippen LogP contribution < -0.4 is 5.32 Å². The van der Waals surface area contributed by atoms with Gasteiger partial charge in [-0.1, -0.05) is 19.3 Å². The van der Waals surface area contributed by atoms with E-state index >= 15 is 0 Å². The van der Waals surface area contributed by atoms with Crippen LogP contribution in [0.2, 0.25) is 0 Å². The van der Waals surface area contributed by atoms with Crippen molar-refractivity contribution in [1.29, 1.82) is 0 Å². The van der Waals surface area contributed by atoms with Gasteiger partial charge in [-0.3, -0.25) is 14.9 Å². The largest absolute Gasteiger partial charge is 0.440 e. The molecule has 1 aliphatic rings. The number of aryl methyl sites for hydroxylation is 1. The van der Waals surface area contributed by atoms with Crippen molar-refractivity contribution >= 4 is 40.1 Å². The fourth-order valence-electron chi connectivity index (χ4n) is 4.97. The lowest BCUT2D eigenvalue weighted by molar-refractivity contribution is 0.0630. The number of nitrogens with one attached hydrogen (secondary N) is 1. The second kappa shape index (κ2) is 10.3. The van der Waals surface area contributed by atoms with Crippen LogP contribution in [0.25, 0.3) is 21.7 Å². The molecule has 1 aromatic carbocycles. The van der Waals surface area contributed by atoms with Gasteiger partial charge < -0.3 is 19.0 Å². The summed E-state index contributed by atoms with van der Waals surface area (Å²) in [6, 6.07) is 9.20. The van der Waals surface area contributed by atoms with Crippen molar-refractivity contribution in [3.8, 4) is 10.6 Å². The molecular weight excluding hydrogens is 502 g/mol. The van der Waals surface area contributed by atoms with E-state index in [-0.39, 0.29) is 24.4 Å². The van der Waals surface area contributed by atoms with E-state index in [1.165, 1.54) is 17.8 Å². The molecule has 3 aromatic heterocycles. The number of nitrogens with zero attached hydrogens (tertiary/aromatic N) is 4. The maximum absolute atomic E-state index is 13.3. The summed E-state index contributed by atoms with van der Waals surface area (Å²) in [4.78, 5) is 38.4. The molecule has 2 N–H and O–H groups in total. The fourth-order valence-corrected chi connectivity index (χ4v) is 5.82. The van der Waals surface area contributed by atoms with Gasteiger partial charge in [-0.15, -0.1) is 11.3 Å². The molecular formula is C28H33N5O4S. The van der Waals surface area contributed by atoms with Crippen LogP contribution in [0.3, 0.4) is 0 Å². The van der Waals surface area contributed by atoms with Crippen molar-refractivity contribution in [2.24, 2.45) is 0 Å². The first-order chi connectivity index (χ1) is 18.1. The Hall–Kier alpha value is -3.50. The lowest BCUT2D eigenvalue weighted by Gasteiger charge is -2.31. The third-order valence-corrected chi connectivity index (χ3v) is 8.00. The minimum absolute atomic E-state index is 0.0322. The molecule has 0 bridgehead atoms. The zero-order valence-electron chi connectivity index (χ0n) is 22.2. The highest BCUT2D eigenvalue weighted by Crippen LogP contribution is 2.30. The monoisotopic (exact) mass is 535 g/mol. The molecule has 2 amide bonds. The van der Waals surface area contributed by atoms with Gasteiger partial charge in [-0.2, -0.15) is 0 Å². The van der Waals surface area contributed by atoms with Crippen LogP contribution in [-0.2, 0) is 6.54 Å². The Morgan fingerprint density at radius 3 is 2.66 bits per heavy atom. The highest BCUT2D eigenvalue weighted by molar-refractivity contribution is 7.17. The zero-order valence-corrected chi connectivity index (χ0v) is 23.0. The molecule has 4 aromatic rings. The third kappa shape index (κ3) is 5.51. The Bertz CT molecular complexity index is 1470. The number of imidazole rings is 1. The van der Waals surface area contributed by atoms with Crippen LogP contribution in [0.4, 0.5) is 5.95 Å². The Labute approximate surface area is 225 Å². The van der Waals surface area contributed by atoms with E-state index in [9.17, 15) is 14.7 Å². The number of carbonyl (C=O) groups excluding carboxylic acids is 2. The zero-order chi connectivity index (χ0) is 27.0. The van der Waals surface area contributed by atoms with Crippen molar-refractivity contribution in [1.82, 2.24) is 19.4 Å². The van der Waals surface area contributed by atoms with E-state index in [1.54, 1.807) is 49.7 Å². The highest BCUT2D eigenvalue weighted by atomic mass is 32.1. The molecule has 0 spiro atoms. The summed E-state index contributed by atoms with van der Waals surface area (Å²) in [6.07, 6.45) is 7.22. The quantitative estimate of drug-likeness (QED) is 0.324. The highest BCUT2D eigenvalue weighted by Gasteiger charge is 2.25. The van der Waals surface area contributed by atoms with Crippen LogP contribution in [0, 0.1) is 6.92 Å². The van der Waals surface area contributed by atoms with Gasteiger partial charge in [0.2, 0.25) is 5.95 Å². The summed E-state index contributed by atoms with van der Waals surface area (Å²) in [5.41, 5.74) is 0.810. The molecule has 0 radical (unpaired) electrons. The average Bonchev–Trinajstić information content (AvgIpc) is 3.62. The van der Waals surface area contributed by atoms with Crippen molar-refractivity contribution in [2.75, 3.05) is 12.4 Å². The number of amides is 2. The normalized spacial score (nSPS) is 14.7. The van der Waals surface area contributed by atoms with Crippen molar-refractivity contribution in [2.45, 2.75) is 71.1 Å². The second-order valence-corrected chi connectivity index (χ2v) is 11.7. The van der Waals surface area contributed by atoms with Crippen LogP contribution in [0.15, 0.2) is 40.9 Å². The van der Waals surface area contributed by atoms with Gasteiger partial charge in [0.15, 0.2) is 11.7 Å². The van der Waals surface area contributed by atoms with Gasteiger partial charge in [-0.05, 0) is 57.0 Å². The van der Waals surface area contributed by atoms with Crippen LogP contribution in [0.5, 0.6) is 0 Å². The first-order valence-electron chi connectivity index (χ1n) is 12.9. The topological polar surface area (TPSA) is 113 Å². The molecule has 5 rings (SSSR count). The maximum atomic E-state index is 13.3. The molecule has 10 heteroatoms. The number of oxazole rings is 1. The molecule has 1 aliphatic carbocycles. The first-order valence-corrected chi connectivity index (χ1v) is 13.7. The number of aromatic nitrogens is 3. The Morgan fingerprint density at radius 2 is 1.97 bits per heavy atom. The van der Waals surface area contributed by atoms with Gasteiger partial charge in [0.05, 0.1) is 39.1 Å². The Kier molecular flexibility index (Phi) is 7.11. The Morgan fingerprint density at radius 1 is 1.21 bits per heavy atom. The number of hydrogen-bond acceptors (Lipinski definition) is 7. The van der Waals surface area contributed by atoms with Gasteiger partial charge >= 0.3 is 0 Å². The molecule has 1 saturated carbocycles. The number of carbonyl (C=O) groups is 2. The Balaban J connectivity index is 1.43. The lowest BCUT2D eigenvalue weighted by atomic mass is 9.94. The minimum Gasteiger partial charge on any atom is -0.440 e. The summed E-state index contributed by atoms with van der Waals surface area (Å²) in [6.45, 7) is 5.38. The summed E-state index contributed by atoms with van der Waals surface area (Å²) in [5.74, 6) is 1.12. The standard InChI is InChI=1S/C28H33N5O4S/c1-17-29-15-22(37-17)23-12-13-24(38-23)25(34)31-27-30-20-14-18(10-11-21(20)33(27)16-28(2,3)36)26(35)32(4)19-8-6-5-7-9-19/h10-15,19,36H,5-9,16H2,1-4H3,(H,30,31,34). The molecule has 9 nitrogen and oxygen atoms in total. The summed E-state index contributed by atoms with van der Waals surface area (Å²) >= 11 is 1.29. The predicted octanol–water partition coefficient (Wildman–Crippen LogP) is 5.49. The second-order valence-electron chi connectivity index (χ2n) is 10.6. The first kappa shape index (κ1) is 26.1. The van der Waals surface area contributed by atoms with Crippen LogP contribution >= 0.6 is 11.3 Å². The van der Waals surface area contributed by atoms with E-state index in [0.717, 1.165) is 36.1 Å². The number of fused-ring (bicyclic) bond motifs is 1. The van der Waals surface area contributed by atoms with Gasteiger partial charge in [0.25, 0.3) is 11.8 Å². The number of aliphatic hydroxyl groups is 1. The molecule has 3 heterocycles. The summed E-state index contributed by atoms with van der Waals surface area (Å²) < 4.78 is 7.35. The molecule has 38 heavy (non-hydrogen) atoms. The molecule has 0 aliphatic heterocycles. The van der Waals surface area contributed by atoms with Gasteiger partial charge in [0.1, 0.15) is 0 Å². The summed E-state index contributed by atoms with van der Waals surface area (Å²) in [7, 11) is 1.87. The molecule has 0 saturated heterocycles. The number of anilines is 1. The number of benzene rings is 1. The van der Waals surface area contributed by atoms with E-state index in [4.69, 9.17) is 4.42 Å². The molecule has 0 atom stereocenters. The maximum Gasteiger partial charge on any atom is 0.268 e. The smallest absolute Gasteiger partial charge is 0.268 e. The van der Waals surface area contributed by atoms with Crippen LogP contribution in [-0.4, -0.2) is 55.0 Å². The van der Waals surface area contributed by atoms with E-state index in [1.807, 2.05) is 24.1 Å². The fraction of sp³-hybridized carbons (Fsp3) is 0.429. The number of hydrogen-bond donors (Lipinski definition) is 2. The SMILES string of the molecule is Cc1ncc(-c2ccc(C(=O)Nc3nc4cc(C(=O)N(C)C5CCCCC5)ccc4n3CC(C)(C)O)s2)o1. The van der Waals surface area contributed by atoms with Crippen molar-refractivity contribution in [3.63, 3.8) is 0 Å². The number of thiophene rings is 1. The summed E-state index contributed by atoms with van der Waals surface area (Å²) in [5, 5.41) is 13.5. The van der Waals surface area contributed by atoms with E-state index in [2.05, 4.69) is 15.3 Å². The van der Waals surface area contributed by atoms with Gasteiger partial charge in [-0.25, -0.2) is 9.97 Å². The van der Waals surface area contributed by atoms with Crippen molar-refractivity contribution < 1.29 is 19.1 Å². The van der Waals surface area contributed by atoms with Crippen LogP contribution in [0.1, 0.15) is 71.9 Å². The van der Waals surface area contributed by atoms with E-state index in [0.29, 0.717) is 33.6 Å². The third-order valence-electron chi connectivity index (χ3n) is 6.90. The molecule has 200 valence electrons. The predicted molar refractivity (Wildman–Crippen MR) is 148 cm³/mol. The van der Waals surface area contributed by atoms with Gasteiger partial charge in [0, 0.05) is 25.6 Å². The number of rotatable bonds is 7. The lowest BCUT2D eigenvalue weighted by Crippen LogP contribution is -2.38. The van der Waals surface area contributed by atoms with E-state index < -0.39 is 5.60 Å². The molecule has 1 fully saturated rings. The minimum atomic E-state index is -1.05. The van der Waals surface area contributed by atoms with Crippen molar-refractivity contribution in [3.05, 3.63) is 52.9 Å². The molecule has 0 unspecified atom stereocenters.